The molecule has 2 aromatic rings. The molecule has 7 nitrogen and oxygen atoms in total. The van der Waals surface area contributed by atoms with Crippen LogP contribution in [-0.2, 0) is 11.3 Å². The van der Waals surface area contributed by atoms with Crippen LogP contribution >= 0.6 is 0 Å². The van der Waals surface area contributed by atoms with Crippen LogP contribution in [0, 0.1) is 5.92 Å². The molecule has 120 valence electrons. The van der Waals surface area contributed by atoms with E-state index < -0.39 is 11.9 Å². The van der Waals surface area contributed by atoms with Gasteiger partial charge in [0.2, 0.25) is 0 Å². The van der Waals surface area contributed by atoms with Crippen LogP contribution < -0.4 is 5.32 Å². The Morgan fingerprint density at radius 3 is 2.78 bits per heavy atom. The smallest absolute Gasteiger partial charge is 0.308 e. The number of amides is 1. The summed E-state index contributed by atoms with van der Waals surface area (Å²) in [5.41, 5.74) is 1.27. The van der Waals surface area contributed by atoms with Gasteiger partial charge in [-0.25, -0.2) is 4.68 Å². The zero-order valence-corrected chi connectivity index (χ0v) is 12.6. The van der Waals surface area contributed by atoms with E-state index in [1.165, 1.54) is 0 Å². The SMILES string of the molecule is O=C(N[C@H]1CCC[C@H]1C(=O)O)c1cn(Cc2ccccc2)nn1. The maximum absolute atomic E-state index is 12.2. The summed E-state index contributed by atoms with van der Waals surface area (Å²) < 4.78 is 1.59. The van der Waals surface area contributed by atoms with Crippen molar-refractivity contribution in [3.63, 3.8) is 0 Å². The number of nitrogens with zero attached hydrogens (tertiary/aromatic N) is 3. The van der Waals surface area contributed by atoms with Crippen LogP contribution in [-0.4, -0.2) is 38.0 Å². The number of benzene rings is 1. The third-order valence-electron chi connectivity index (χ3n) is 4.11. The highest BCUT2D eigenvalue weighted by Crippen LogP contribution is 2.26. The quantitative estimate of drug-likeness (QED) is 0.867. The lowest BCUT2D eigenvalue weighted by Crippen LogP contribution is -2.40. The van der Waals surface area contributed by atoms with E-state index in [-0.39, 0.29) is 17.6 Å². The molecule has 23 heavy (non-hydrogen) atoms. The molecule has 1 heterocycles. The number of hydrogen-bond acceptors (Lipinski definition) is 4. The van der Waals surface area contributed by atoms with E-state index in [0.717, 1.165) is 12.0 Å². The summed E-state index contributed by atoms with van der Waals surface area (Å²) in [4.78, 5) is 23.4. The second kappa shape index (κ2) is 6.60. The Bertz CT molecular complexity index is 698. The lowest BCUT2D eigenvalue weighted by molar-refractivity contribution is -0.142. The number of hydrogen-bond donors (Lipinski definition) is 2. The van der Waals surface area contributed by atoms with Crippen LogP contribution in [0.4, 0.5) is 0 Å². The molecular weight excluding hydrogens is 296 g/mol. The van der Waals surface area contributed by atoms with Crippen LogP contribution in [0.1, 0.15) is 35.3 Å². The fourth-order valence-corrected chi connectivity index (χ4v) is 2.92. The van der Waals surface area contributed by atoms with Crippen molar-refractivity contribution in [2.45, 2.75) is 31.8 Å². The normalized spacial score (nSPS) is 20.3. The van der Waals surface area contributed by atoms with Crippen molar-refractivity contribution >= 4 is 11.9 Å². The number of carbonyl (C=O) groups excluding carboxylic acids is 1. The number of aliphatic carboxylic acids is 1. The summed E-state index contributed by atoms with van der Waals surface area (Å²) >= 11 is 0. The van der Waals surface area contributed by atoms with Crippen molar-refractivity contribution in [3.8, 4) is 0 Å². The first-order chi connectivity index (χ1) is 11.1. The lowest BCUT2D eigenvalue weighted by atomic mass is 10.0. The van der Waals surface area contributed by atoms with Crippen molar-refractivity contribution in [1.82, 2.24) is 20.3 Å². The fraction of sp³-hybridized carbons (Fsp3) is 0.375. The third kappa shape index (κ3) is 3.56. The van der Waals surface area contributed by atoms with Crippen LogP contribution in [0.5, 0.6) is 0 Å². The molecule has 0 bridgehead atoms. The number of nitrogens with one attached hydrogen (secondary N) is 1. The van der Waals surface area contributed by atoms with Gasteiger partial charge in [-0.1, -0.05) is 42.0 Å². The minimum atomic E-state index is -0.861. The predicted octanol–water partition coefficient (Wildman–Crippen LogP) is 1.31. The molecule has 0 radical (unpaired) electrons. The maximum atomic E-state index is 12.2. The molecule has 3 rings (SSSR count). The summed E-state index contributed by atoms with van der Waals surface area (Å²) in [5, 5.41) is 19.7. The van der Waals surface area contributed by atoms with E-state index in [9.17, 15) is 9.59 Å². The van der Waals surface area contributed by atoms with Gasteiger partial charge in [0.25, 0.3) is 5.91 Å². The highest BCUT2D eigenvalue weighted by atomic mass is 16.4. The van der Waals surface area contributed by atoms with Gasteiger partial charge in [0.1, 0.15) is 0 Å². The molecule has 1 amide bonds. The second-order valence-corrected chi connectivity index (χ2v) is 5.74. The Morgan fingerprint density at radius 1 is 1.26 bits per heavy atom. The predicted molar refractivity (Wildman–Crippen MR) is 81.8 cm³/mol. The number of carboxylic acid groups (broad SMARTS) is 1. The van der Waals surface area contributed by atoms with E-state index in [0.29, 0.717) is 19.4 Å². The van der Waals surface area contributed by atoms with E-state index in [4.69, 9.17) is 5.11 Å². The number of carbonyl (C=O) groups is 2. The molecule has 0 spiro atoms. The van der Waals surface area contributed by atoms with Gasteiger partial charge in [-0.15, -0.1) is 5.10 Å². The van der Waals surface area contributed by atoms with Gasteiger partial charge in [0.05, 0.1) is 18.7 Å². The van der Waals surface area contributed by atoms with Gasteiger partial charge in [-0.2, -0.15) is 0 Å². The van der Waals surface area contributed by atoms with Crippen LogP contribution in [0.25, 0.3) is 0 Å². The van der Waals surface area contributed by atoms with Gasteiger partial charge in [0.15, 0.2) is 5.69 Å². The van der Waals surface area contributed by atoms with Gasteiger partial charge >= 0.3 is 5.97 Å². The molecule has 1 aliphatic carbocycles. The molecule has 0 unspecified atom stereocenters. The second-order valence-electron chi connectivity index (χ2n) is 5.74. The first-order valence-corrected chi connectivity index (χ1v) is 7.61. The first-order valence-electron chi connectivity index (χ1n) is 7.61. The number of carboxylic acids is 1. The van der Waals surface area contributed by atoms with E-state index in [1.807, 2.05) is 30.3 Å². The van der Waals surface area contributed by atoms with Gasteiger partial charge in [0, 0.05) is 6.04 Å². The van der Waals surface area contributed by atoms with Crippen molar-refractivity contribution in [3.05, 3.63) is 47.8 Å². The van der Waals surface area contributed by atoms with Gasteiger partial charge < -0.3 is 10.4 Å². The van der Waals surface area contributed by atoms with Crippen molar-refractivity contribution < 1.29 is 14.7 Å². The summed E-state index contributed by atoms with van der Waals surface area (Å²) in [5.74, 6) is -1.75. The third-order valence-corrected chi connectivity index (χ3v) is 4.11. The fourth-order valence-electron chi connectivity index (χ4n) is 2.92. The average Bonchev–Trinajstić information content (AvgIpc) is 3.17. The Balaban J connectivity index is 1.63. The highest BCUT2D eigenvalue weighted by Gasteiger charge is 2.34. The molecule has 7 heteroatoms. The molecule has 2 N–H and O–H groups in total. The zero-order valence-electron chi connectivity index (χ0n) is 12.6. The molecule has 1 aliphatic rings. The van der Waals surface area contributed by atoms with E-state index in [1.54, 1.807) is 10.9 Å². The van der Waals surface area contributed by atoms with E-state index >= 15 is 0 Å². The van der Waals surface area contributed by atoms with Gasteiger partial charge in [-0.05, 0) is 18.4 Å². The Morgan fingerprint density at radius 2 is 2.04 bits per heavy atom. The topological polar surface area (TPSA) is 97.1 Å². The van der Waals surface area contributed by atoms with Crippen LogP contribution in [0.3, 0.4) is 0 Å². The van der Waals surface area contributed by atoms with Crippen LogP contribution in [0.15, 0.2) is 36.5 Å². The molecule has 1 aromatic heterocycles. The van der Waals surface area contributed by atoms with Gasteiger partial charge in [-0.3, -0.25) is 9.59 Å². The lowest BCUT2D eigenvalue weighted by Gasteiger charge is -2.16. The first kappa shape index (κ1) is 15.2. The van der Waals surface area contributed by atoms with Crippen molar-refractivity contribution in [2.75, 3.05) is 0 Å². The number of rotatable bonds is 5. The molecule has 1 saturated carbocycles. The average molecular weight is 314 g/mol. The maximum Gasteiger partial charge on any atom is 0.308 e. The monoisotopic (exact) mass is 314 g/mol. The summed E-state index contributed by atoms with van der Waals surface area (Å²) in [6, 6.07) is 9.41. The molecule has 2 atom stereocenters. The Hall–Kier alpha value is -2.70. The Kier molecular flexibility index (Phi) is 4.36. The van der Waals surface area contributed by atoms with Crippen molar-refractivity contribution in [1.29, 1.82) is 0 Å². The standard InChI is InChI=1S/C16H18N4O3/c21-15(17-13-8-4-7-12(13)16(22)23)14-10-20(19-18-14)9-11-5-2-1-3-6-11/h1-3,5-6,10,12-13H,4,7-9H2,(H,17,21)(H,22,23)/t12-,13+/m1/s1. The summed E-state index contributed by atoms with van der Waals surface area (Å²) in [6.07, 6.45) is 3.66. The summed E-state index contributed by atoms with van der Waals surface area (Å²) in [7, 11) is 0. The zero-order chi connectivity index (χ0) is 16.2. The van der Waals surface area contributed by atoms with Crippen LogP contribution in [0.2, 0.25) is 0 Å². The number of aromatic nitrogens is 3. The largest absolute Gasteiger partial charge is 0.481 e. The summed E-state index contributed by atoms with van der Waals surface area (Å²) in [6.45, 7) is 0.530. The molecule has 1 fully saturated rings. The molecular formula is C16H18N4O3. The Labute approximate surface area is 133 Å². The van der Waals surface area contributed by atoms with E-state index in [2.05, 4.69) is 15.6 Å². The minimum absolute atomic E-state index is 0.206. The molecule has 1 aromatic carbocycles. The highest BCUT2D eigenvalue weighted by molar-refractivity contribution is 5.92. The molecule has 0 aliphatic heterocycles. The molecule has 0 saturated heterocycles. The minimum Gasteiger partial charge on any atom is -0.481 e. The van der Waals surface area contributed by atoms with Crippen molar-refractivity contribution in [2.24, 2.45) is 5.92 Å².